The summed E-state index contributed by atoms with van der Waals surface area (Å²) in [5.74, 6) is 0. The van der Waals surface area contributed by atoms with E-state index in [1.807, 2.05) is 0 Å². The zero-order chi connectivity index (χ0) is 8.77. The van der Waals surface area contributed by atoms with E-state index in [2.05, 4.69) is 44.7 Å². The second-order valence-corrected chi connectivity index (χ2v) is 5.96. The van der Waals surface area contributed by atoms with Crippen LogP contribution in [-0.2, 0) is 0 Å². The fraction of sp³-hybridized carbons (Fsp3) is 1.00. The van der Waals surface area contributed by atoms with Crippen LogP contribution in [0.1, 0.15) is 20.3 Å². The molecule has 2 fully saturated rings. The van der Waals surface area contributed by atoms with E-state index in [0.29, 0.717) is 5.41 Å². The van der Waals surface area contributed by atoms with Gasteiger partial charge in [0, 0.05) is 54.0 Å². The van der Waals surface area contributed by atoms with Gasteiger partial charge in [-0.1, -0.05) is 0 Å². The van der Waals surface area contributed by atoms with Gasteiger partial charge >= 0.3 is 0 Å². The summed E-state index contributed by atoms with van der Waals surface area (Å²) >= 11 is 2.43. The average molecular weight is 280 g/mol. The van der Waals surface area contributed by atoms with Crippen molar-refractivity contribution in [2.24, 2.45) is 5.41 Å². The number of likely N-dealkylation sites (tertiary alicyclic amines) is 1. The lowest BCUT2D eigenvalue weighted by molar-refractivity contribution is 0.0970. The van der Waals surface area contributed by atoms with Gasteiger partial charge in [-0.2, -0.15) is 0 Å². The van der Waals surface area contributed by atoms with Crippen LogP contribution in [0.3, 0.4) is 0 Å². The third-order valence-electron chi connectivity index (χ3n) is 3.21. The molecule has 2 rings (SSSR count). The smallest absolute Gasteiger partial charge is 0.0202 e. The molecule has 3 heteroatoms. The summed E-state index contributed by atoms with van der Waals surface area (Å²) < 4.78 is 2.40. The molecule has 0 saturated carbocycles. The van der Waals surface area contributed by atoms with Gasteiger partial charge in [0.1, 0.15) is 0 Å². The van der Waals surface area contributed by atoms with Gasteiger partial charge in [0.25, 0.3) is 0 Å². The molecule has 70 valence electrons. The van der Waals surface area contributed by atoms with E-state index in [1.54, 1.807) is 0 Å². The van der Waals surface area contributed by atoms with E-state index in [0.717, 1.165) is 6.04 Å². The molecule has 0 amide bonds. The Morgan fingerprint density at radius 1 is 1.25 bits per heavy atom. The fourth-order valence-corrected chi connectivity index (χ4v) is 3.80. The topological polar surface area (TPSA) is 6.48 Å². The minimum atomic E-state index is 0.686. The van der Waals surface area contributed by atoms with Crippen LogP contribution in [0.4, 0.5) is 0 Å². The van der Waals surface area contributed by atoms with Crippen molar-refractivity contribution in [3.05, 3.63) is 0 Å². The molecule has 1 spiro atoms. The second-order valence-electron chi connectivity index (χ2n) is 4.59. The first-order valence-corrected chi connectivity index (χ1v) is 5.73. The molecule has 2 saturated heterocycles. The van der Waals surface area contributed by atoms with Crippen molar-refractivity contribution in [3.8, 4) is 0 Å². The molecule has 0 bridgehead atoms. The maximum absolute atomic E-state index is 2.61. The van der Waals surface area contributed by atoms with Crippen LogP contribution in [0.15, 0.2) is 0 Å². The van der Waals surface area contributed by atoms with Gasteiger partial charge < -0.3 is 4.90 Å². The lowest BCUT2D eigenvalue weighted by Gasteiger charge is -2.44. The summed E-state index contributed by atoms with van der Waals surface area (Å²) in [6.45, 7) is 9.90. The Hall–Kier alpha value is 0.650. The lowest BCUT2D eigenvalue weighted by Crippen LogP contribution is -2.53. The second kappa shape index (κ2) is 3.10. The van der Waals surface area contributed by atoms with Crippen LogP contribution in [-0.4, -0.2) is 40.2 Å². The zero-order valence-electron chi connectivity index (χ0n) is 7.89. The quantitative estimate of drug-likeness (QED) is 0.533. The van der Waals surface area contributed by atoms with Crippen molar-refractivity contribution < 1.29 is 0 Å². The van der Waals surface area contributed by atoms with Crippen molar-refractivity contribution in [3.63, 3.8) is 0 Å². The predicted molar refractivity (Wildman–Crippen MR) is 59.4 cm³/mol. The van der Waals surface area contributed by atoms with Gasteiger partial charge in [0.2, 0.25) is 0 Å². The molecule has 0 aromatic carbocycles. The standard InChI is InChI=1S/C9H17IN2/c1-8(2)11-4-3-9(5-11)6-12(10)7-9/h8H,3-7H2,1-2H3. The number of rotatable bonds is 1. The molecular formula is C9H17IN2. The highest BCUT2D eigenvalue weighted by Crippen LogP contribution is 2.41. The molecule has 0 aromatic rings. The van der Waals surface area contributed by atoms with E-state index < -0.39 is 0 Å². The molecule has 0 atom stereocenters. The molecule has 0 aliphatic carbocycles. The molecule has 2 nitrogen and oxygen atoms in total. The van der Waals surface area contributed by atoms with Gasteiger partial charge in [-0.3, -0.25) is 0 Å². The summed E-state index contributed by atoms with van der Waals surface area (Å²) in [6.07, 6.45) is 1.42. The van der Waals surface area contributed by atoms with Gasteiger partial charge in [-0.15, -0.1) is 0 Å². The first kappa shape index (κ1) is 9.21. The number of hydrogen-bond donors (Lipinski definition) is 0. The Kier molecular flexibility index (Phi) is 2.38. The fourth-order valence-electron chi connectivity index (χ4n) is 2.35. The number of hydrogen-bond acceptors (Lipinski definition) is 2. The first-order chi connectivity index (χ1) is 5.61. The highest BCUT2D eigenvalue weighted by Gasteiger charge is 2.47. The molecular weight excluding hydrogens is 263 g/mol. The lowest BCUT2D eigenvalue weighted by atomic mass is 9.81. The minimum Gasteiger partial charge on any atom is -0.300 e. The van der Waals surface area contributed by atoms with Gasteiger partial charge in [0.05, 0.1) is 0 Å². The molecule has 2 aliphatic rings. The molecule has 0 aromatic heterocycles. The van der Waals surface area contributed by atoms with E-state index in [9.17, 15) is 0 Å². The predicted octanol–water partition coefficient (Wildman–Crippen LogP) is 1.75. The first-order valence-electron chi connectivity index (χ1n) is 4.76. The van der Waals surface area contributed by atoms with Crippen molar-refractivity contribution in [2.75, 3.05) is 26.2 Å². The van der Waals surface area contributed by atoms with Crippen LogP contribution >= 0.6 is 22.9 Å². The van der Waals surface area contributed by atoms with Crippen LogP contribution in [0, 0.1) is 5.41 Å². The molecule has 12 heavy (non-hydrogen) atoms. The Labute approximate surface area is 88.8 Å². The monoisotopic (exact) mass is 280 g/mol. The molecule has 2 heterocycles. The number of nitrogens with zero attached hydrogens (tertiary/aromatic N) is 2. The molecule has 0 unspecified atom stereocenters. The summed E-state index contributed by atoms with van der Waals surface area (Å²) in [6, 6.07) is 0.743. The van der Waals surface area contributed by atoms with Crippen molar-refractivity contribution in [1.29, 1.82) is 0 Å². The Morgan fingerprint density at radius 3 is 2.33 bits per heavy atom. The van der Waals surface area contributed by atoms with Crippen molar-refractivity contribution in [1.82, 2.24) is 8.01 Å². The van der Waals surface area contributed by atoms with Gasteiger partial charge in [-0.25, -0.2) is 3.11 Å². The highest BCUT2D eigenvalue weighted by molar-refractivity contribution is 14.1. The summed E-state index contributed by atoms with van der Waals surface area (Å²) in [7, 11) is 0. The third-order valence-corrected chi connectivity index (χ3v) is 3.89. The van der Waals surface area contributed by atoms with E-state index in [-0.39, 0.29) is 0 Å². The van der Waals surface area contributed by atoms with E-state index >= 15 is 0 Å². The maximum Gasteiger partial charge on any atom is 0.0202 e. The van der Waals surface area contributed by atoms with Crippen LogP contribution < -0.4 is 0 Å². The normalized spacial score (nSPS) is 30.0. The van der Waals surface area contributed by atoms with Gasteiger partial charge in [-0.05, 0) is 26.8 Å². The minimum absolute atomic E-state index is 0.686. The summed E-state index contributed by atoms with van der Waals surface area (Å²) in [5.41, 5.74) is 0.686. The maximum atomic E-state index is 2.61. The third kappa shape index (κ3) is 1.51. The molecule has 2 aliphatic heterocycles. The highest BCUT2D eigenvalue weighted by atomic mass is 127. The largest absolute Gasteiger partial charge is 0.300 e. The van der Waals surface area contributed by atoms with Crippen LogP contribution in [0.2, 0.25) is 0 Å². The summed E-state index contributed by atoms with van der Waals surface area (Å²) in [4.78, 5) is 2.61. The molecule has 0 N–H and O–H groups in total. The van der Waals surface area contributed by atoms with E-state index in [1.165, 1.54) is 32.6 Å². The van der Waals surface area contributed by atoms with Crippen LogP contribution in [0.5, 0.6) is 0 Å². The van der Waals surface area contributed by atoms with Gasteiger partial charge in [0.15, 0.2) is 0 Å². The summed E-state index contributed by atoms with van der Waals surface area (Å²) in [5, 5.41) is 0. The Morgan fingerprint density at radius 2 is 1.92 bits per heavy atom. The van der Waals surface area contributed by atoms with Crippen molar-refractivity contribution in [2.45, 2.75) is 26.3 Å². The van der Waals surface area contributed by atoms with Crippen molar-refractivity contribution >= 4 is 22.9 Å². The SMILES string of the molecule is CC(C)N1CCC2(CN(I)C2)C1. The number of halogens is 1. The van der Waals surface area contributed by atoms with E-state index in [4.69, 9.17) is 0 Å². The Balaban J connectivity index is 1.90. The molecule has 0 radical (unpaired) electrons. The Bertz CT molecular complexity index is 175. The average Bonchev–Trinajstić information content (AvgIpc) is 2.31. The zero-order valence-corrected chi connectivity index (χ0v) is 10.0. The van der Waals surface area contributed by atoms with Crippen LogP contribution in [0.25, 0.3) is 0 Å².